The van der Waals surface area contributed by atoms with E-state index in [1.807, 2.05) is 52.8 Å². The van der Waals surface area contributed by atoms with Gasteiger partial charge in [-0.1, -0.05) is 49.2 Å². The highest BCUT2D eigenvalue weighted by Crippen LogP contribution is 2.25. The summed E-state index contributed by atoms with van der Waals surface area (Å²) in [5.74, 6) is -0.459. The van der Waals surface area contributed by atoms with Crippen molar-refractivity contribution in [2.45, 2.75) is 78.9 Å². The molecular formula is C28H39Cl2N3O4S. The molecule has 210 valence electrons. The first kappa shape index (κ1) is 31.9. The fourth-order valence-corrected chi connectivity index (χ4v) is 5.56. The fraction of sp³-hybridized carbons (Fsp3) is 0.500. The van der Waals surface area contributed by atoms with Gasteiger partial charge in [-0.3, -0.25) is 13.9 Å². The Labute approximate surface area is 237 Å². The number of hydrogen-bond acceptors (Lipinski definition) is 4. The highest BCUT2D eigenvalue weighted by Gasteiger charge is 2.29. The van der Waals surface area contributed by atoms with Crippen LogP contribution in [-0.2, 0) is 26.2 Å². The van der Waals surface area contributed by atoms with Crippen molar-refractivity contribution >= 4 is 50.7 Å². The van der Waals surface area contributed by atoms with E-state index < -0.39 is 16.1 Å². The Bertz CT molecular complexity index is 1220. The lowest BCUT2D eigenvalue weighted by atomic mass is 10.1. The number of amides is 2. The Morgan fingerprint density at radius 1 is 0.974 bits per heavy atom. The van der Waals surface area contributed by atoms with Gasteiger partial charge in [0.2, 0.25) is 21.8 Å². The maximum Gasteiger partial charge on any atom is 0.243 e. The molecule has 2 amide bonds. The molecule has 0 fully saturated rings. The summed E-state index contributed by atoms with van der Waals surface area (Å²) >= 11 is 12.3. The summed E-state index contributed by atoms with van der Waals surface area (Å²) in [6.07, 6.45) is 2.72. The van der Waals surface area contributed by atoms with Crippen LogP contribution < -0.4 is 9.62 Å². The summed E-state index contributed by atoms with van der Waals surface area (Å²) < 4.78 is 26.5. The lowest BCUT2D eigenvalue weighted by Crippen LogP contribution is -2.50. The summed E-state index contributed by atoms with van der Waals surface area (Å²) in [7, 11) is -3.56. The van der Waals surface area contributed by atoms with Crippen LogP contribution >= 0.6 is 23.2 Å². The van der Waals surface area contributed by atoms with E-state index in [0.717, 1.165) is 29.4 Å². The van der Waals surface area contributed by atoms with E-state index in [0.29, 0.717) is 28.6 Å². The van der Waals surface area contributed by atoms with Crippen molar-refractivity contribution < 1.29 is 18.0 Å². The number of halogens is 2. The molecule has 0 aliphatic carbocycles. The van der Waals surface area contributed by atoms with Crippen LogP contribution in [0.5, 0.6) is 0 Å². The number of benzene rings is 2. The number of hydrogen-bond donors (Lipinski definition) is 1. The highest BCUT2D eigenvalue weighted by atomic mass is 35.5. The Kier molecular flexibility index (Phi) is 11.9. The molecule has 38 heavy (non-hydrogen) atoms. The van der Waals surface area contributed by atoms with Crippen molar-refractivity contribution in [1.82, 2.24) is 10.2 Å². The molecule has 0 aromatic heterocycles. The third kappa shape index (κ3) is 9.17. The van der Waals surface area contributed by atoms with Crippen LogP contribution in [0.15, 0.2) is 36.4 Å². The lowest BCUT2D eigenvalue weighted by molar-refractivity contribution is -0.141. The number of nitrogens with one attached hydrogen (secondary N) is 1. The highest BCUT2D eigenvalue weighted by molar-refractivity contribution is 7.92. The van der Waals surface area contributed by atoms with Crippen molar-refractivity contribution in [1.29, 1.82) is 0 Å². The molecule has 0 unspecified atom stereocenters. The van der Waals surface area contributed by atoms with Crippen LogP contribution in [0.25, 0.3) is 0 Å². The van der Waals surface area contributed by atoms with E-state index in [-0.39, 0.29) is 37.4 Å². The van der Waals surface area contributed by atoms with Gasteiger partial charge in [0.15, 0.2) is 0 Å². The number of aryl methyl sites for hydroxylation is 2. The standard InChI is InChI=1S/C28H39Cl2N3O4S/c1-7-21(5)31-28(35)26(8-2)32(18-22-11-12-24(29)25(30)17-22)27(34)10-9-13-33(38(6,36)37)23-15-19(3)14-20(4)16-23/h11-12,14-17,21,26H,7-10,13,18H2,1-6H3,(H,31,35)/t21-,26+/m0/s1. The molecule has 2 aromatic carbocycles. The molecule has 1 N–H and O–H groups in total. The molecule has 0 saturated heterocycles. The van der Waals surface area contributed by atoms with E-state index in [1.165, 1.54) is 4.31 Å². The maximum absolute atomic E-state index is 13.6. The van der Waals surface area contributed by atoms with Crippen LogP contribution in [0.2, 0.25) is 10.0 Å². The fourth-order valence-electron chi connectivity index (χ4n) is 4.29. The zero-order valence-corrected chi connectivity index (χ0v) is 25.4. The molecule has 0 heterocycles. The van der Waals surface area contributed by atoms with E-state index in [1.54, 1.807) is 23.1 Å². The SMILES string of the molecule is CC[C@H](C(=O)N[C@@H](C)CC)N(Cc1ccc(Cl)c(Cl)c1)C(=O)CCCN(c1cc(C)cc(C)c1)S(C)(=O)=O. The van der Waals surface area contributed by atoms with Crippen LogP contribution in [0.3, 0.4) is 0 Å². The summed E-state index contributed by atoms with van der Waals surface area (Å²) in [4.78, 5) is 28.2. The average Bonchev–Trinajstić information content (AvgIpc) is 2.82. The van der Waals surface area contributed by atoms with Gasteiger partial charge in [-0.15, -0.1) is 0 Å². The molecule has 2 atom stereocenters. The van der Waals surface area contributed by atoms with Crippen molar-refractivity contribution in [2.24, 2.45) is 0 Å². The molecule has 0 aliphatic rings. The molecule has 7 nitrogen and oxygen atoms in total. The molecule has 0 aliphatic heterocycles. The van der Waals surface area contributed by atoms with Gasteiger partial charge >= 0.3 is 0 Å². The van der Waals surface area contributed by atoms with Gasteiger partial charge in [0.05, 0.1) is 22.0 Å². The molecule has 10 heteroatoms. The van der Waals surface area contributed by atoms with Crippen molar-refractivity contribution in [2.75, 3.05) is 17.1 Å². The first-order chi connectivity index (χ1) is 17.8. The number of anilines is 1. The largest absolute Gasteiger partial charge is 0.352 e. The minimum atomic E-state index is -3.56. The second-order valence-electron chi connectivity index (χ2n) is 9.80. The van der Waals surface area contributed by atoms with Gasteiger partial charge in [-0.05, 0) is 81.0 Å². The topological polar surface area (TPSA) is 86.8 Å². The van der Waals surface area contributed by atoms with Gasteiger partial charge in [0, 0.05) is 25.6 Å². The Morgan fingerprint density at radius 2 is 1.61 bits per heavy atom. The van der Waals surface area contributed by atoms with Crippen LogP contribution in [-0.4, -0.2) is 50.0 Å². The van der Waals surface area contributed by atoms with E-state index in [9.17, 15) is 18.0 Å². The van der Waals surface area contributed by atoms with Gasteiger partial charge in [0.25, 0.3) is 0 Å². The lowest BCUT2D eigenvalue weighted by Gasteiger charge is -2.32. The number of carbonyl (C=O) groups is 2. The quantitative estimate of drug-likeness (QED) is 0.319. The monoisotopic (exact) mass is 583 g/mol. The normalized spacial score (nSPS) is 13.1. The van der Waals surface area contributed by atoms with E-state index in [2.05, 4.69) is 5.32 Å². The third-order valence-electron chi connectivity index (χ3n) is 6.37. The molecule has 0 saturated carbocycles. The molecule has 0 radical (unpaired) electrons. The summed E-state index contributed by atoms with van der Waals surface area (Å²) in [6, 6.07) is 10.0. The first-order valence-electron chi connectivity index (χ1n) is 12.9. The minimum Gasteiger partial charge on any atom is -0.352 e. The van der Waals surface area contributed by atoms with Crippen LogP contribution in [0, 0.1) is 13.8 Å². The molecule has 2 aromatic rings. The van der Waals surface area contributed by atoms with Crippen molar-refractivity contribution in [3.63, 3.8) is 0 Å². The zero-order valence-electron chi connectivity index (χ0n) is 23.1. The van der Waals surface area contributed by atoms with Gasteiger partial charge in [-0.2, -0.15) is 0 Å². The Balaban J connectivity index is 2.28. The smallest absolute Gasteiger partial charge is 0.243 e. The molecule has 0 spiro atoms. The van der Waals surface area contributed by atoms with E-state index >= 15 is 0 Å². The maximum atomic E-state index is 13.6. The van der Waals surface area contributed by atoms with Crippen LogP contribution in [0.1, 0.15) is 63.1 Å². The van der Waals surface area contributed by atoms with Crippen LogP contribution in [0.4, 0.5) is 5.69 Å². The summed E-state index contributed by atoms with van der Waals surface area (Å²) in [5, 5.41) is 3.75. The zero-order chi connectivity index (χ0) is 28.6. The minimum absolute atomic E-state index is 0.0282. The average molecular weight is 585 g/mol. The van der Waals surface area contributed by atoms with Gasteiger partial charge in [-0.25, -0.2) is 8.42 Å². The number of rotatable bonds is 13. The molecule has 2 rings (SSSR count). The van der Waals surface area contributed by atoms with Crippen molar-refractivity contribution in [3.05, 3.63) is 63.1 Å². The third-order valence-corrected chi connectivity index (χ3v) is 8.30. The Morgan fingerprint density at radius 3 is 2.13 bits per heavy atom. The molecular weight excluding hydrogens is 545 g/mol. The summed E-state index contributed by atoms with van der Waals surface area (Å²) in [6.45, 7) is 9.91. The Hall–Kier alpha value is -2.29. The van der Waals surface area contributed by atoms with Gasteiger partial charge in [0.1, 0.15) is 6.04 Å². The first-order valence-corrected chi connectivity index (χ1v) is 15.5. The van der Waals surface area contributed by atoms with Crippen molar-refractivity contribution in [3.8, 4) is 0 Å². The number of sulfonamides is 1. The summed E-state index contributed by atoms with van der Waals surface area (Å²) in [5.41, 5.74) is 3.23. The molecule has 0 bridgehead atoms. The number of carbonyl (C=O) groups excluding carboxylic acids is 2. The second-order valence-corrected chi connectivity index (χ2v) is 12.5. The second kappa shape index (κ2) is 14.2. The number of nitrogens with zero attached hydrogens (tertiary/aromatic N) is 2. The predicted molar refractivity (Wildman–Crippen MR) is 156 cm³/mol. The van der Waals surface area contributed by atoms with Gasteiger partial charge < -0.3 is 10.2 Å². The predicted octanol–water partition coefficient (Wildman–Crippen LogP) is 5.88. The van der Waals surface area contributed by atoms with E-state index in [4.69, 9.17) is 23.2 Å².